The maximum absolute atomic E-state index is 12.8. The van der Waals surface area contributed by atoms with E-state index >= 15 is 0 Å². The zero-order valence-electron chi connectivity index (χ0n) is 12.5. The molecule has 5 nitrogen and oxygen atoms in total. The number of amidine groups is 1. The minimum absolute atomic E-state index is 0.0127. The van der Waals surface area contributed by atoms with E-state index in [-0.39, 0.29) is 11.9 Å². The lowest BCUT2D eigenvalue weighted by Crippen LogP contribution is -2.41. The van der Waals surface area contributed by atoms with E-state index in [2.05, 4.69) is 5.32 Å². The molecule has 1 aliphatic carbocycles. The lowest BCUT2D eigenvalue weighted by atomic mass is 10.1. The Morgan fingerprint density at radius 3 is 2.82 bits per heavy atom. The number of aliphatic imine (C=N–C) groups is 1. The monoisotopic (exact) mass is 299 g/mol. The van der Waals surface area contributed by atoms with E-state index in [0.29, 0.717) is 24.6 Å². The van der Waals surface area contributed by atoms with Crippen LogP contribution in [0.15, 0.2) is 29.3 Å². The molecule has 5 heteroatoms. The largest absolute Gasteiger partial charge is 0.391 e. The molecule has 2 N–H and O–H groups in total. The summed E-state index contributed by atoms with van der Waals surface area (Å²) in [5.74, 6) is 0.836. The highest BCUT2D eigenvalue weighted by atomic mass is 16.3. The number of carbonyl (C=O) groups excluding carboxylic acids is 1. The molecule has 2 atom stereocenters. The lowest BCUT2D eigenvalue weighted by molar-refractivity contribution is 0.0748. The number of anilines is 1. The molecule has 0 radical (unpaired) electrons. The fourth-order valence-corrected chi connectivity index (χ4v) is 3.80. The summed E-state index contributed by atoms with van der Waals surface area (Å²) in [4.78, 5) is 19.4. The molecule has 2 aliphatic heterocycles. The topological polar surface area (TPSA) is 64.9 Å². The van der Waals surface area contributed by atoms with Crippen LogP contribution in [0.2, 0.25) is 0 Å². The summed E-state index contributed by atoms with van der Waals surface area (Å²) in [5, 5.41) is 13.4. The van der Waals surface area contributed by atoms with Gasteiger partial charge in [0.1, 0.15) is 5.84 Å². The van der Waals surface area contributed by atoms with E-state index in [0.717, 1.165) is 24.4 Å². The number of benzene rings is 1. The molecule has 4 rings (SSSR count). The van der Waals surface area contributed by atoms with Gasteiger partial charge in [-0.1, -0.05) is 25.0 Å². The first kappa shape index (κ1) is 13.8. The highest BCUT2D eigenvalue weighted by Crippen LogP contribution is 2.30. The van der Waals surface area contributed by atoms with Crippen LogP contribution in [0.4, 0.5) is 5.69 Å². The molecule has 0 spiro atoms. The predicted molar refractivity (Wildman–Crippen MR) is 85.2 cm³/mol. The molecule has 0 unspecified atom stereocenters. The number of nitrogens with zero attached hydrogens (tertiary/aromatic N) is 2. The SMILES string of the molecule is O=C1c2ccccc2NC(=NC2CCCC2)[C@@H]2C[C@@H](O)CN12. The Morgan fingerprint density at radius 2 is 2.00 bits per heavy atom. The maximum Gasteiger partial charge on any atom is 0.256 e. The number of nitrogens with one attached hydrogen (secondary N) is 1. The van der Waals surface area contributed by atoms with Crippen molar-refractivity contribution in [1.82, 2.24) is 4.90 Å². The van der Waals surface area contributed by atoms with Crippen molar-refractivity contribution in [1.29, 1.82) is 0 Å². The summed E-state index contributed by atoms with van der Waals surface area (Å²) in [6.07, 6.45) is 4.81. The van der Waals surface area contributed by atoms with E-state index in [1.54, 1.807) is 4.90 Å². The van der Waals surface area contributed by atoms with Gasteiger partial charge in [0.25, 0.3) is 5.91 Å². The number of fused-ring (bicyclic) bond motifs is 2. The van der Waals surface area contributed by atoms with Crippen LogP contribution in [0, 0.1) is 0 Å². The van der Waals surface area contributed by atoms with Crippen molar-refractivity contribution in [3.05, 3.63) is 29.8 Å². The summed E-state index contributed by atoms with van der Waals surface area (Å²) in [5.41, 5.74) is 1.49. The fourth-order valence-electron chi connectivity index (χ4n) is 3.80. The van der Waals surface area contributed by atoms with Crippen LogP contribution < -0.4 is 5.32 Å². The molecule has 1 saturated heterocycles. The Labute approximate surface area is 130 Å². The predicted octanol–water partition coefficient (Wildman–Crippen LogP) is 2.03. The molecule has 1 amide bonds. The van der Waals surface area contributed by atoms with Crippen LogP contribution >= 0.6 is 0 Å². The highest BCUT2D eigenvalue weighted by molar-refractivity contribution is 6.12. The number of carbonyl (C=O) groups is 1. The minimum Gasteiger partial charge on any atom is -0.391 e. The summed E-state index contributed by atoms with van der Waals surface area (Å²) in [6.45, 7) is 0.392. The summed E-state index contributed by atoms with van der Waals surface area (Å²) < 4.78 is 0. The van der Waals surface area contributed by atoms with Crippen LogP contribution in [0.25, 0.3) is 0 Å². The second-order valence-electron chi connectivity index (χ2n) is 6.49. The van der Waals surface area contributed by atoms with Crippen molar-refractivity contribution < 1.29 is 9.90 Å². The van der Waals surface area contributed by atoms with Gasteiger partial charge in [-0.15, -0.1) is 0 Å². The van der Waals surface area contributed by atoms with Gasteiger partial charge in [0.2, 0.25) is 0 Å². The molecule has 1 saturated carbocycles. The Bertz CT molecular complexity index is 622. The number of amides is 1. The fraction of sp³-hybridized carbons (Fsp3) is 0.529. The van der Waals surface area contributed by atoms with Gasteiger partial charge in [-0.05, 0) is 25.0 Å². The number of hydrogen-bond donors (Lipinski definition) is 2. The Kier molecular flexibility index (Phi) is 3.37. The molecule has 2 heterocycles. The van der Waals surface area contributed by atoms with Crippen molar-refractivity contribution in [3.8, 4) is 0 Å². The molecule has 3 aliphatic rings. The molecule has 1 aromatic carbocycles. The van der Waals surface area contributed by atoms with Gasteiger partial charge in [0.15, 0.2) is 0 Å². The number of aliphatic hydroxyl groups is 1. The van der Waals surface area contributed by atoms with Crippen LogP contribution in [0.3, 0.4) is 0 Å². The Balaban J connectivity index is 1.76. The molecule has 116 valence electrons. The molecule has 0 aromatic heterocycles. The number of para-hydroxylation sites is 1. The third-order valence-electron chi connectivity index (χ3n) is 4.92. The van der Waals surface area contributed by atoms with E-state index in [9.17, 15) is 9.90 Å². The van der Waals surface area contributed by atoms with E-state index in [1.807, 2.05) is 24.3 Å². The molecule has 1 aromatic rings. The lowest BCUT2D eigenvalue weighted by Gasteiger charge is -2.23. The van der Waals surface area contributed by atoms with Crippen molar-refractivity contribution in [2.75, 3.05) is 11.9 Å². The second kappa shape index (κ2) is 5.39. The van der Waals surface area contributed by atoms with Crippen LogP contribution in [-0.4, -0.2) is 46.5 Å². The molecule has 0 bridgehead atoms. The zero-order chi connectivity index (χ0) is 15.1. The van der Waals surface area contributed by atoms with Gasteiger partial charge in [0, 0.05) is 13.0 Å². The molecule has 2 fully saturated rings. The van der Waals surface area contributed by atoms with E-state index in [4.69, 9.17) is 4.99 Å². The number of hydrogen-bond acceptors (Lipinski definition) is 3. The number of rotatable bonds is 1. The highest BCUT2D eigenvalue weighted by Gasteiger charge is 2.41. The molecule has 22 heavy (non-hydrogen) atoms. The summed E-state index contributed by atoms with van der Waals surface area (Å²) in [6, 6.07) is 7.79. The van der Waals surface area contributed by atoms with Gasteiger partial charge >= 0.3 is 0 Å². The maximum atomic E-state index is 12.8. The van der Waals surface area contributed by atoms with Crippen molar-refractivity contribution in [2.24, 2.45) is 4.99 Å². The average molecular weight is 299 g/mol. The van der Waals surface area contributed by atoms with Crippen molar-refractivity contribution in [3.63, 3.8) is 0 Å². The quantitative estimate of drug-likeness (QED) is 0.834. The normalized spacial score (nSPS) is 30.1. The number of aliphatic hydroxyl groups excluding tert-OH is 1. The van der Waals surface area contributed by atoms with Gasteiger partial charge in [0.05, 0.1) is 29.4 Å². The van der Waals surface area contributed by atoms with Gasteiger partial charge < -0.3 is 15.3 Å². The van der Waals surface area contributed by atoms with Crippen LogP contribution in [0.1, 0.15) is 42.5 Å². The molecular formula is C17H21N3O2. The van der Waals surface area contributed by atoms with Gasteiger partial charge in [-0.3, -0.25) is 9.79 Å². The Morgan fingerprint density at radius 1 is 1.23 bits per heavy atom. The van der Waals surface area contributed by atoms with Gasteiger partial charge in [-0.2, -0.15) is 0 Å². The second-order valence-corrected chi connectivity index (χ2v) is 6.49. The summed E-state index contributed by atoms with van der Waals surface area (Å²) in [7, 11) is 0. The molecular weight excluding hydrogens is 278 g/mol. The summed E-state index contributed by atoms with van der Waals surface area (Å²) >= 11 is 0. The first-order valence-electron chi connectivity index (χ1n) is 8.15. The van der Waals surface area contributed by atoms with E-state index < -0.39 is 6.10 Å². The first-order valence-corrected chi connectivity index (χ1v) is 8.15. The van der Waals surface area contributed by atoms with Crippen LogP contribution in [0.5, 0.6) is 0 Å². The van der Waals surface area contributed by atoms with Crippen molar-refractivity contribution in [2.45, 2.75) is 50.3 Å². The van der Waals surface area contributed by atoms with Crippen LogP contribution in [-0.2, 0) is 0 Å². The van der Waals surface area contributed by atoms with E-state index in [1.165, 1.54) is 12.8 Å². The third-order valence-corrected chi connectivity index (χ3v) is 4.92. The Hall–Kier alpha value is -1.88. The van der Waals surface area contributed by atoms with Crippen molar-refractivity contribution >= 4 is 17.4 Å². The third kappa shape index (κ3) is 2.29. The minimum atomic E-state index is -0.463. The van der Waals surface area contributed by atoms with Gasteiger partial charge in [-0.25, -0.2) is 0 Å². The zero-order valence-corrected chi connectivity index (χ0v) is 12.5. The first-order chi connectivity index (χ1) is 10.7. The smallest absolute Gasteiger partial charge is 0.256 e. The standard InChI is InChI=1S/C17H21N3O2/c21-12-9-15-16(18-11-5-1-2-6-11)19-14-8-4-3-7-13(14)17(22)20(15)10-12/h3-4,7-8,11-12,15,21H,1-2,5-6,9-10H2,(H,18,19)/t12-,15+/m1/s1. The average Bonchev–Trinajstić information content (AvgIpc) is 3.13.